The van der Waals surface area contributed by atoms with E-state index in [1.165, 1.54) is 17.8 Å². The summed E-state index contributed by atoms with van der Waals surface area (Å²) in [4.78, 5) is 15.0. The largest absolute Gasteiger partial charge is 0.352 e. The fraction of sp³-hybridized carbons (Fsp3) is 0.167. The van der Waals surface area contributed by atoms with Gasteiger partial charge < -0.3 is 5.32 Å². The Balaban J connectivity index is 1.85. The summed E-state index contributed by atoms with van der Waals surface area (Å²) in [6, 6.07) is 4.63. The van der Waals surface area contributed by atoms with Crippen LogP contribution in [0.1, 0.15) is 15.9 Å². The number of nitrogens with zero attached hydrogens (tertiary/aromatic N) is 1. The van der Waals surface area contributed by atoms with E-state index < -0.39 is 5.95 Å². The number of aromatic nitrogens is 1. The van der Waals surface area contributed by atoms with E-state index in [4.69, 9.17) is 0 Å². The third-order valence-electron chi connectivity index (χ3n) is 2.27. The standard InChI is InChI=1S/C12H11FN2OS/c13-11-7-10(2-5-14-11)12(16)15-4-1-9-3-6-17-8-9/h2-3,5-8H,1,4H2,(H,15,16). The number of carbonyl (C=O) groups is 1. The number of thiophene rings is 1. The minimum atomic E-state index is -0.643. The molecule has 0 spiro atoms. The third kappa shape index (κ3) is 3.35. The molecule has 5 heteroatoms. The van der Waals surface area contributed by atoms with Gasteiger partial charge in [0.1, 0.15) is 0 Å². The molecule has 0 aliphatic carbocycles. The molecule has 0 radical (unpaired) electrons. The van der Waals surface area contributed by atoms with Crippen molar-refractivity contribution in [2.24, 2.45) is 0 Å². The molecule has 0 saturated carbocycles. The molecule has 0 aliphatic heterocycles. The Morgan fingerprint density at radius 2 is 2.35 bits per heavy atom. The lowest BCUT2D eigenvalue weighted by atomic mass is 10.2. The van der Waals surface area contributed by atoms with Crippen LogP contribution >= 0.6 is 11.3 Å². The predicted molar refractivity (Wildman–Crippen MR) is 64.6 cm³/mol. The zero-order valence-corrected chi connectivity index (χ0v) is 9.84. The second-order valence-corrected chi connectivity index (χ2v) is 4.28. The zero-order valence-electron chi connectivity index (χ0n) is 9.02. The molecule has 0 bridgehead atoms. The minimum absolute atomic E-state index is 0.276. The minimum Gasteiger partial charge on any atom is -0.352 e. The number of amides is 1. The van der Waals surface area contributed by atoms with Gasteiger partial charge in [0, 0.05) is 24.4 Å². The zero-order chi connectivity index (χ0) is 12.1. The van der Waals surface area contributed by atoms with E-state index in [-0.39, 0.29) is 5.91 Å². The first-order chi connectivity index (χ1) is 8.25. The van der Waals surface area contributed by atoms with E-state index in [1.54, 1.807) is 11.3 Å². The summed E-state index contributed by atoms with van der Waals surface area (Å²) in [5, 5.41) is 6.77. The Kier molecular flexibility index (Phi) is 3.82. The van der Waals surface area contributed by atoms with Crippen molar-refractivity contribution in [1.82, 2.24) is 10.3 Å². The lowest BCUT2D eigenvalue weighted by molar-refractivity contribution is 0.0953. The normalized spacial score (nSPS) is 10.2. The van der Waals surface area contributed by atoms with E-state index in [1.807, 2.05) is 16.8 Å². The monoisotopic (exact) mass is 250 g/mol. The molecule has 0 saturated heterocycles. The molecule has 0 atom stereocenters. The van der Waals surface area contributed by atoms with Crippen LogP contribution in [0.3, 0.4) is 0 Å². The maximum Gasteiger partial charge on any atom is 0.251 e. The van der Waals surface area contributed by atoms with Crippen molar-refractivity contribution < 1.29 is 9.18 Å². The number of hydrogen-bond acceptors (Lipinski definition) is 3. The van der Waals surface area contributed by atoms with Crippen molar-refractivity contribution in [3.8, 4) is 0 Å². The Morgan fingerprint density at radius 1 is 1.47 bits per heavy atom. The Bertz CT molecular complexity index is 499. The Morgan fingerprint density at radius 3 is 3.06 bits per heavy atom. The smallest absolute Gasteiger partial charge is 0.251 e. The molecule has 2 rings (SSSR count). The molecular weight excluding hydrogens is 239 g/mol. The maximum atomic E-state index is 12.8. The van der Waals surface area contributed by atoms with Crippen LogP contribution in [-0.2, 0) is 6.42 Å². The average Bonchev–Trinajstić information content (AvgIpc) is 2.82. The number of rotatable bonds is 4. The van der Waals surface area contributed by atoms with Gasteiger partial charge in [0.15, 0.2) is 0 Å². The first-order valence-electron chi connectivity index (χ1n) is 5.16. The van der Waals surface area contributed by atoms with Gasteiger partial charge in [-0.05, 0) is 34.9 Å². The molecule has 0 unspecified atom stereocenters. The average molecular weight is 250 g/mol. The first kappa shape index (κ1) is 11.7. The lowest BCUT2D eigenvalue weighted by Crippen LogP contribution is -2.25. The molecular formula is C12H11FN2OS. The van der Waals surface area contributed by atoms with Gasteiger partial charge in [-0.2, -0.15) is 15.7 Å². The van der Waals surface area contributed by atoms with Crippen LogP contribution in [0.5, 0.6) is 0 Å². The van der Waals surface area contributed by atoms with Gasteiger partial charge in [-0.25, -0.2) is 4.98 Å². The number of nitrogens with one attached hydrogen (secondary N) is 1. The molecule has 0 aromatic carbocycles. The lowest BCUT2D eigenvalue weighted by Gasteiger charge is -2.04. The van der Waals surface area contributed by atoms with Gasteiger partial charge >= 0.3 is 0 Å². The summed E-state index contributed by atoms with van der Waals surface area (Å²) in [5.74, 6) is -0.919. The molecule has 1 amide bonds. The Labute approximate surface area is 102 Å². The number of carbonyl (C=O) groups excluding carboxylic acids is 1. The van der Waals surface area contributed by atoms with Crippen LogP contribution in [0.15, 0.2) is 35.2 Å². The highest BCUT2D eigenvalue weighted by molar-refractivity contribution is 7.07. The van der Waals surface area contributed by atoms with Crippen molar-refractivity contribution in [1.29, 1.82) is 0 Å². The van der Waals surface area contributed by atoms with Crippen LogP contribution in [0.4, 0.5) is 4.39 Å². The van der Waals surface area contributed by atoms with Gasteiger partial charge in [-0.3, -0.25) is 4.79 Å². The van der Waals surface area contributed by atoms with Gasteiger partial charge in [0.2, 0.25) is 5.95 Å². The van der Waals surface area contributed by atoms with Crippen LogP contribution in [0.2, 0.25) is 0 Å². The summed E-state index contributed by atoms with van der Waals surface area (Å²) in [7, 11) is 0. The van der Waals surface area contributed by atoms with E-state index in [9.17, 15) is 9.18 Å². The van der Waals surface area contributed by atoms with Crippen LogP contribution in [0.25, 0.3) is 0 Å². The summed E-state index contributed by atoms with van der Waals surface area (Å²) in [6.07, 6.45) is 2.06. The van der Waals surface area contributed by atoms with E-state index >= 15 is 0 Å². The molecule has 1 N–H and O–H groups in total. The second-order valence-electron chi connectivity index (χ2n) is 3.50. The number of halogens is 1. The quantitative estimate of drug-likeness (QED) is 0.846. The van der Waals surface area contributed by atoms with Crippen molar-refractivity contribution in [2.75, 3.05) is 6.54 Å². The molecule has 2 heterocycles. The van der Waals surface area contributed by atoms with Crippen LogP contribution in [0, 0.1) is 5.95 Å². The fourth-order valence-electron chi connectivity index (χ4n) is 1.40. The summed E-state index contributed by atoms with van der Waals surface area (Å²) >= 11 is 1.63. The second kappa shape index (κ2) is 5.54. The van der Waals surface area contributed by atoms with Gasteiger partial charge in [-0.15, -0.1) is 0 Å². The summed E-state index contributed by atoms with van der Waals surface area (Å²) < 4.78 is 12.8. The van der Waals surface area contributed by atoms with E-state index in [0.29, 0.717) is 12.1 Å². The first-order valence-corrected chi connectivity index (χ1v) is 6.11. The van der Waals surface area contributed by atoms with Crippen molar-refractivity contribution in [3.05, 3.63) is 52.2 Å². The molecule has 3 nitrogen and oxygen atoms in total. The maximum absolute atomic E-state index is 12.8. The van der Waals surface area contributed by atoms with Gasteiger partial charge in [0.05, 0.1) is 0 Å². The predicted octanol–water partition coefficient (Wildman–Crippen LogP) is 2.25. The van der Waals surface area contributed by atoms with Crippen molar-refractivity contribution in [2.45, 2.75) is 6.42 Å². The summed E-state index contributed by atoms with van der Waals surface area (Å²) in [5.41, 5.74) is 1.49. The Hall–Kier alpha value is -1.75. The van der Waals surface area contributed by atoms with Gasteiger partial charge in [0.25, 0.3) is 5.91 Å². The molecule has 0 fully saturated rings. The van der Waals surface area contributed by atoms with Crippen molar-refractivity contribution in [3.63, 3.8) is 0 Å². The molecule has 0 aliphatic rings. The topological polar surface area (TPSA) is 42.0 Å². The highest BCUT2D eigenvalue weighted by Crippen LogP contribution is 2.06. The molecule has 2 aromatic heterocycles. The molecule has 2 aromatic rings. The van der Waals surface area contributed by atoms with E-state index in [2.05, 4.69) is 10.3 Å². The summed E-state index contributed by atoms with van der Waals surface area (Å²) in [6.45, 7) is 0.541. The van der Waals surface area contributed by atoms with E-state index in [0.717, 1.165) is 12.5 Å². The van der Waals surface area contributed by atoms with Gasteiger partial charge in [-0.1, -0.05) is 0 Å². The number of hydrogen-bond donors (Lipinski definition) is 1. The van der Waals surface area contributed by atoms with Crippen molar-refractivity contribution >= 4 is 17.2 Å². The van der Waals surface area contributed by atoms with Crippen LogP contribution < -0.4 is 5.32 Å². The molecule has 17 heavy (non-hydrogen) atoms. The highest BCUT2D eigenvalue weighted by Gasteiger charge is 2.06. The SMILES string of the molecule is O=C(NCCc1ccsc1)c1ccnc(F)c1. The number of pyridine rings is 1. The fourth-order valence-corrected chi connectivity index (χ4v) is 2.10. The highest BCUT2D eigenvalue weighted by atomic mass is 32.1. The third-order valence-corrected chi connectivity index (χ3v) is 3.00. The molecule has 88 valence electrons. The van der Waals surface area contributed by atoms with Crippen LogP contribution in [-0.4, -0.2) is 17.4 Å².